The third-order valence-electron chi connectivity index (χ3n) is 3.57. The van der Waals surface area contributed by atoms with Gasteiger partial charge in [0, 0.05) is 18.1 Å². The van der Waals surface area contributed by atoms with E-state index in [0.29, 0.717) is 5.56 Å². The minimum absolute atomic E-state index is 0.0135. The summed E-state index contributed by atoms with van der Waals surface area (Å²) in [5.41, 5.74) is -0.0625. The zero-order valence-corrected chi connectivity index (χ0v) is 12.1. The lowest BCUT2D eigenvalue weighted by molar-refractivity contribution is -0.137. The van der Waals surface area contributed by atoms with Crippen LogP contribution in [-0.4, -0.2) is 10.8 Å². The van der Waals surface area contributed by atoms with Crippen LogP contribution in [0.15, 0.2) is 42.5 Å². The number of carbonyl (C=O) groups excluding carboxylic acids is 1. The van der Waals surface area contributed by atoms with Crippen LogP contribution >= 0.6 is 11.6 Å². The van der Waals surface area contributed by atoms with Gasteiger partial charge in [-0.25, -0.2) is 0 Å². The second kappa shape index (κ2) is 5.32. The number of hydrogen-bond acceptors (Lipinski definition) is 1. The van der Waals surface area contributed by atoms with Crippen molar-refractivity contribution in [2.24, 2.45) is 0 Å². The molecule has 2 nitrogen and oxygen atoms in total. The number of alkyl halides is 3. The van der Waals surface area contributed by atoms with Crippen molar-refractivity contribution in [2.45, 2.75) is 19.3 Å². The Morgan fingerprint density at radius 1 is 1.14 bits per heavy atom. The van der Waals surface area contributed by atoms with Crippen molar-refractivity contribution < 1.29 is 18.0 Å². The monoisotopic (exact) mass is 325 g/mol. The second-order valence-electron chi connectivity index (χ2n) is 5.13. The third-order valence-corrected chi connectivity index (χ3v) is 3.79. The van der Waals surface area contributed by atoms with Gasteiger partial charge in [0.05, 0.1) is 11.1 Å². The van der Waals surface area contributed by atoms with E-state index in [0.717, 1.165) is 11.6 Å². The molecule has 0 radical (unpaired) electrons. The summed E-state index contributed by atoms with van der Waals surface area (Å²) in [6.45, 7) is 0.399. The van der Waals surface area contributed by atoms with Gasteiger partial charge in [0.15, 0.2) is 0 Å². The highest BCUT2D eigenvalue weighted by Crippen LogP contribution is 2.39. The van der Waals surface area contributed by atoms with E-state index in [1.807, 2.05) is 30.3 Å². The maximum atomic E-state index is 13.1. The van der Waals surface area contributed by atoms with Gasteiger partial charge in [-0.3, -0.25) is 4.79 Å². The number of hydrogen-bond donors (Lipinski definition) is 0. The van der Waals surface area contributed by atoms with Crippen molar-refractivity contribution in [3.05, 3.63) is 69.7 Å². The van der Waals surface area contributed by atoms with Gasteiger partial charge in [-0.15, -0.1) is 0 Å². The molecular weight excluding hydrogens is 315 g/mol. The molecule has 3 rings (SSSR count). The first-order valence-electron chi connectivity index (χ1n) is 6.59. The summed E-state index contributed by atoms with van der Waals surface area (Å²) in [5.74, 6) is -0.608. The van der Waals surface area contributed by atoms with Gasteiger partial charge in [0.1, 0.15) is 0 Å². The summed E-state index contributed by atoms with van der Waals surface area (Å²) in [6, 6.07) is 11.4. The molecule has 6 heteroatoms. The second-order valence-corrected chi connectivity index (χ2v) is 5.57. The molecule has 0 bridgehead atoms. The topological polar surface area (TPSA) is 20.3 Å². The highest BCUT2D eigenvalue weighted by molar-refractivity contribution is 6.31. The van der Waals surface area contributed by atoms with E-state index in [4.69, 9.17) is 11.6 Å². The van der Waals surface area contributed by atoms with Crippen LogP contribution in [0.5, 0.6) is 0 Å². The van der Waals surface area contributed by atoms with E-state index in [1.54, 1.807) is 0 Å². The quantitative estimate of drug-likeness (QED) is 0.795. The van der Waals surface area contributed by atoms with Gasteiger partial charge >= 0.3 is 6.18 Å². The van der Waals surface area contributed by atoms with Gasteiger partial charge in [0.25, 0.3) is 5.91 Å². The molecule has 2 aromatic carbocycles. The lowest BCUT2D eigenvalue weighted by Crippen LogP contribution is -2.24. The Kier molecular flexibility index (Phi) is 3.60. The Morgan fingerprint density at radius 3 is 2.45 bits per heavy atom. The molecule has 22 heavy (non-hydrogen) atoms. The van der Waals surface area contributed by atoms with Crippen molar-refractivity contribution in [3.63, 3.8) is 0 Å². The van der Waals surface area contributed by atoms with E-state index in [9.17, 15) is 18.0 Å². The first-order valence-corrected chi connectivity index (χ1v) is 6.97. The van der Waals surface area contributed by atoms with E-state index < -0.39 is 17.6 Å². The smallest absolute Gasteiger partial charge is 0.330 e. The van der Waals surface area contributed by atoms with Crippen LogP contribution in [0, 0.1) is 0 Å². The SMILES string of the molecule is O=C1c2c(cc(Cl)cc2C(F)(F)F)CN1Cc1ccccc1. The average Bonchev–Trinajstić information content (AvgIpc) is 2.74. The molecular formula is C16H11ClF3NO. The van der Waals surface area contributed by atoms with Gasteiger partial charge in [-0.2, -0.15) is 13.2 Å². The number of amides is 1. The molecule has 1 heterocycles. The molecule has 1 aliphatic rings. The fourth-order valence-electron chi connectivity index (χ4n) is 2.63. The molecule has 0 unspecified atom stereocenters. The fourth-order valence-corrected chi connectivity index (χ4v) is 2.87. The standard InChI is InChI=1S/C16H11ClF3NO/c17-12-6-11-9-21(8-10-4-2-1-3-5-10)15(22)14(11)13(7-12)16(18,19)20/h1-7H,8-9H2. The van der Waals surface area contributed by atoms with Crippen LogP contribution in [0.4, 0.5) is 13.2 Å². The normalized spacial score (nSPS) is 14.4. The van der Waals surface area contributed by atoms with Crippen LogP contribution < -0.4 is 0 Å². The summed E-state index contributed by atoms with van der Waals surface area (Å²) in [6.07, 6.45) is -4.60. The average molecular weight is 326 g/mol. The lowest BCUT2D eigenvalue weighted by Gasteiger charge is -2.16. The van der Waals surface area contributed by atoms with Crippen molar-refractivity contribution >= 4 is 17.5 Å². The Bertz CT molecular complexity index is 728. The van der Waals surface area contributed by atoms with E-state index in [2.05, 4.69) is 0 Å². The summed E-state index contributed by atoms with van der Waals surface area (Å²) in [5, 5.41) is -0.0135. The minimum Gasteiger partial charge on any atom is -0.330 e. The van der Waals surface area contributed by atoms with E-state index in [-0.39, 0.29) is 23.7 Å². The van der Waals surface area contributed by atoms with E-state index in [1.165, 1.54) is 11.0 Å². The summed E-state index contributed by atoms with van der Waals surface area (Å²) in [7, 11) is 0. The van der Waals surface area contributed by atoms with E-state index >= 15 is 0 Å². The number of nitrogens with zero attached hydrogens (tertiary/aromatic N) is 1. The Labute approximate surface area is 130 Å². The van der Waals surface area contributed by atoms with Gasteiger partial charge in [-0.05, 0) is 23.3 Å². The Balaban J connectivity index is 1.97. The molecule has 1 amide bonds. The van der Waals surface area contributed by atoms with Crippen LogP contribution in [0.3, 0.4) is 0 Å². The Morgan fingerprint density at radius 2 is 1.82 bits per heavy atom. The third kappa shape index (κ3) is 2.68. The summed E-state index contributed by atoms with van der Waals surface area (Å²) in [4.78, 5) is 13.8. The molecule has 0 aliphatic carbocycles. The molecule has 0 atom stereocenters. The first kappa shape index (κ1) is 14.9. The van der Waals surface area contributed by atoms with Crippen LogP contribution in [0.1, 0.15) is 27.0 Å². The predicted octanol–water partition coefficient (Wildman–Crippen LogP) is 4.51. The number of rotatable bonds is 2. The number of carbonyl (C=O) groups is 1. The molecule has 0 aromatic heterocycles. The van der Waals surface area contributed by atoms with Gasteiger partial charge in [-0.1, -0.05) is 41.9 Å². The molecule has 0 N–H and O–H groups in total. The molecule has 0 spiro atoms. The molecule has 0 fully saturated rings. The number of fused-ring (bicyclic) bond motifs is 1. The van der Waals surface area contributed by atoms with Crippen LogP contribution in [-0.2, 0) is 19.3 Å². The maximum Gasteiger partial charge on any atom is 0.417 e. The molecule has 114 valence electrons. The number of halogens is 4. The molecule has 0 saturated heterocycles. The molecule has 0 saturated carbocycles. The highest BCUT2D eigenvalue weighted by atomic mass is 35.5. The Hall–Kier alpha value is -2.01. The molecule has 2 aromatic rings. The fraction of sp³-hybridized carbons (Fsp3) is 0.188. The zero-order chi connectivity index (χ0) is 15.9. The predicted molar refractivity (Wildman–Crippen MR) is 76.5 cm³/mol. The minimum atomic E-state index is -4.60. The highest BCUT2D eigenvalue weighted by Gasteiger charge is 2.41. The number of benzene rings is 2. The van der Waals surface area contributed by atoms with Crippen molar-refractivity contribution in [1.82, 2.24) is 4.90 Å². The van der Waals surface area contributed by atoms with Crippen molar-refractivity contribution in [2.75, 3.05) is 0 Å². The van der Waals surface area contributed by atoms with Gasteiger partial charge < -0.3 is 4.90 Å². The summed E-state index contributed by atoms with van der Waals surface area (Å²) < 4.78 is 39.4. The maximum absolute atomic E-state index is 13.1. The summed E-state index contributed by atoms with van der Waals surface area (Å²) >= 11 is 5.76. The van der Waals surface area contributed by atoms with Crippen LogP contribution in [0.25, 0.3) is 0 Å². The van der Waals surface area contributed by atoms with Crippen molar-refractivity contribution in [3.8, 4) is 0 Å². The zero-order valence-electron chi connectivity index (χ0n) is 11.3. The lowest BCUT2D eigenvalue weighted by atomic mass is 10.0. The van der Waals surface area contributed by atoms with Gasteiger partial charge in [0.2, 0.25) is 0 Å². The first-order chi connectivity index (χ1) is 10.4. The molecule has 1 aliphatic heterocycles. The largest absolute Gasteiger partial charge is 0.417 e. The van der Waals surface area contributed by atoms with Crippen LogP contribution in [0.2, 0.25) is 5.02 Å². The van der Waals surface area contributed by atoms with Crippen molar-refractivity contribution in [1.29, 1.82) is 0 Å².